The Labute approximate surface area is 101 Å². The highest BCUT2D eigenvalue weighted by Crippen LogP contribution is 2.41. The molecule has 0 spiro atoms. The van der Waals surface area contributed by atoms with Crippen LogP contribution in [0.3, 0.4) is 0 Å². The molecule has 1 aliphatic carbocycles. The summed E-state index contributed by atoms with van der Waals surface area (Å²) in [6, 6.07) is 6.26. The molecule has 0 saturated heterocycles. The van der Waals surface area contributed by atoms with Crippen LogP contribution < -0.4 is 5.73 Å². The van der Waals surface area contributed by atoms with Crippen LogP contribution in [0, 0.1) is 0 Å². The average molecular weight is 227 g/mol. The number of nitrogen functional groups attached to an aromatic ring is 1. The number of fused-ring (bicyclic) bond motifs is 1. The van der Waals surface area contributed by atoms with E-state index in [0.717, 1.165) is 30.8 Å². The number of aromatic nitrogens is 2. The van der Waals surface area contributed by atoms with E-state index in [4.69, 9.17) is 5.73 Å². The molecule has 0 fully saturated rings. The van der Waals surface area contributed by atoms with Gasteiger partial charge in [0.15, 0.2) is 0 Å². The molecule has 0 saturated carbocycles. The van der Waals surface area contributed by atoms with Gasteiger partial charge in [-0.25, -0.2) is 4.98 Å². The van der Waals surface area contributed by atoms with Crippen LogP contribution in [0.5, 0.6) is 0 Å². The summed E-state index contributed by atoms with van der Waals surface area (Å²) in [6.45, 7) is 2.23. The zero-order valence-electron chi connectivity index (χ0n) is 10.0. The van der Waals surface area contributed by atoms with Gasteiger partial charge in [0.1, 0.15) is 5.82 Å². The monoisotopic (exact) mass is 227 g/mol. The maximum Gasteiger partial charge on any atom is 0.112 e. The van der Waals surface area contributed by atoms with Gasteiger partial charge in [0.05, 0.1) is 0 Å². The first kappa shape index (κ1) is 10.4. The van der Waals surface area contributed by atoms with E-state index in [1.807, 2.05) is 18.5 Å². The van der Waals surface area contributed by atoms with Gasteiger partial charge in [-0.05, 0) is 42.5 Å². The quantitative estimate of drug-likeness (QED) is 0.774. The van der Waals surface area contributed by atoms with Gasteiger partial charge in [0.25, 0.3) is 0 Å². The van der Waals surface area contributed by atoms with Crippen molar-refractivity contribution < 1.29 is 0 Å². The second kappa shape index (κ2) is 3.62. The van der Waals surface area contributed by atoms with Gasteiger partial charge < -0.3 is 10.7 Å². The maximum atomic E-state index is 5.86. The number of nitrogens with zero attached hydrogens (tertiary/aromatic N) is 1. The first-order valence-electron chi connectivity index (χ1n) is 6.11. The van der Waals surface area contributed by atoms with Crippen LogP contribution in [0.1, 0.15) is 30.3 Å². The molecule has 1 aromatic carbocycles. The molecule has 2 aromatic rings. The number of imidazole rings is 1. The summed E-state index contributed by atoms with van der Waals surface area (Å²) in [4.78, 5) is 7.74. The molecule has 1 aliphatic rings. The van der Waals surface area contributed by atoms with Crippen molar-refractivity contribution in [3.8, 4) is 0 Å². The summed E-state index contributed by atoms with van der Waals surface area (Å²) >= 11 is 0. The Kier molecular flexibility index (Phi) is 2.21. The SMILES string of the molecule is CCC1(c2ncc[nH]2)Cc2ccc(N)cc2C1. The Balaban J connectivity index is 2.03. The van der Waals surface area contributed by atoms with Crippen molar-refractivity contribution in [2.75, 3.05) is 5.73 Å². The van der Waals surface area contributed by atoms with E-state index in [0.29, 0.717) is 0 Å². The molecule has 17 heavy (non-hydrogen) atoms. The maximum absolute atomic E-state index is 5.86. The van der Waals surface area contributed by atoms with E-state index < -0.39 is 0 Å². The minimum atomic E-state index is 0.139. The molecule has 0 radical (unpaired) electrons. The molecule has 3 N–H and O–H groups in total. The Morgan fingerprint density at radius 3 is 2.88 bits per heavy atom. The second-order valence-electron chi connectivity index (χ2n) is 4.95. The van der Waals surface area contributed by atoms with Crippen molar-refractivity contribution in [2.45, 2.75) is 31.6 Å². The molecular weight excluding hydrogens is 210 g/mol. The molecule has 3 rings (SSSR count). The Hall–Kier alpha value is -1.77. The average Bonchev–Trinajstić information content (AvgIpc) is 2.95. The number of H-pyrrole nitrogens is 1. The molecule has 1 unspecified atom stereocenters. The predicted octanol–water partition coefficient (Wildman–Crippen LogP) is 2.44. The number of benzene rings is 1. The van der Waals surface area contributed by atoms with E-state index in [2.05, 4.69) is 29.0 Å². The first-order valence-corrected chi connectivity index (χ1v) is 6.11. The summed E-state index contributed by atoms with van der Waals surface area (Å²) in [5.41, 5.74) is 9.64. The largest absolute Gasteiger partial charge is 0.399 e. The normalized spacial score (nSPS) is 22.6. The summed E-state index contributed by atoms with van der Waals surface area (Å²) in [6.07, 6.45) is 6.94. The minimum absolute atomic E-state index is 0.139. The number of anilines is 1. The van der Waals surface area contributed by atoms with E-state index >= 15 is 0 Å². The van der Waals surface area contributed by atoms with E-state index in [-0.39, 0.29) is 5.41 Å². The lowest BCUT2D eigenvalue weighted by atomic mass is 9.81. The van der Waals surface area contributed by atoms with Crippen LogP contribution in [0.4, 0.5) is 5.69 Å². The third-order valence-corrected chi connectivity index (χ3v) is 3.97. The fraction of sp³-hybridized carbons (Fsp3) is 0.357. The van der Waals surface area contributed by atoms with Crippen LogP contribution in [0.2, 0.25) is 0 Å². The van der Waals surface area contributed by atoms with Crippen LogP contribution in [-0.4, -0.2) is 9.97 Å². The van der Waals surface area contributed by atoms with Gasteiger partial charge in [-0.3, -0.25) is 0 Å². The van der Waals surface area contributed by atoms with E-state index in [1.165, 1.54) is 11.1 Å². The molecule has 1 aromatic heterocycles. The fourth-order valence-electron chi connectivity index (χ4n) is 2.91. The smallest absolute Gasteiger partial charge is 0.112 e. The van der Waals surface area contributed by atoms with Gasteiger partial charge in [0, 0.05) is 23.5 Å². The second-order valence-corrected chi connectivity index (χ2v) is 4.95. The molecule has 0 aliphatic heterocycles. The van der Waals surface area contributed by atoms with Crippen molar-refractivity contribution in [2.24, 2.45) is 0 Å². The van der Waals surface area contributed by atoms with Gasteiger partial charge in [0.2, 0.25) is 0 Å². The number of hydrogen-bond acceptors (Lipinski definition) is 2. The minimum Gasteiger partial charge on any atom is -0.399 e. The third kappa shape index (κ3) is 1.54. The number of hydrogen-bond donors (Lipinski definition) is 2. The summed E-state index contributed by atoms with van der Waals surface area (Å²) in [5.74, 6) is 1.11. The van der Waals surface area contributed by atoms with Gasteiger partial charge in [-0.1, -0.05) is 13.0 Å². The fourth-order valence-corrected chi connectivity index (χ4v) is 2.91. The highest BCUT2D eigenvalue weighted by molar-refractivity contribution is 5.49. The van der Waals surface area contributed by atoms with Crippen molar-refractivity contribution in [3.63, 3.8) is 0 Å². The lowest BCUT2D eigenvalue weighted by Crippen LogP contribution is -2.27. The number of aromatic amines is 1. The zero-order valence-corrected chi connectivity index (χ0v) is 10.0. The topological polar surface area (TPSA) is 54.7 Å². The molecular formula is C14H17N3. The van der Waals surface area contributed by atoms with E-state index in [9.17, 15) is 0 Å². The lowest BCUT2D eigenvalue weighted by Gasteiger charge is -2.24. The Morgan fingerprint density at radius 2 is 2.18 bits per heavy atom. The van der Waals surface area contributed by atoms with Crippen molar-refractivity contribution >= 4 is 5.69 Å². The molecule has 1 atom stereocenters. The van der Waals surface area contributed by atoms with Crippen LogP contribution >= 0.6 is 0 Å². The molecule has 3 heteroatoms. The van der Waals surface area contributed by atoms with Crippen molar-refractivity contribution in [3.05, 3.63) is 47.5 Å². The van der Waals surface area contributed by atoms with Crippen LogP contribution in [0.25, 0.3) is 0 Å². The van der Waals surface area contributed by atoms with Gasteiger partial charge in [-0.2, -0.15) is 0 Å². The zero-order chi connectivity index (χ0) is 11.9. The highest BCUT2D eigenvalue weighted by atomic mass is 14.9. The van der Waals surface area contributed by atoms with Gasteiger partial charge >= 0.3 is 0 Å². The molecule has 0 amide bonds. The van der Waals surface area contributed by atoms with Crippen molar-refractivity contribution in [1.82, 2.24) is 9.97 Å². The number of rotatable bonds is 2. The third-order valence-electron chi connectivity index (χ3n) is 3.97. The Morgan fingerprint density at radius 1 is 1.35 bits per heavy atom. The standard InChI is InChI=1S/C14H17N3/c1-2-14(13-16-5-6-17-13)8-10-3-4-12(15)7-11(10)9-14/h3-7H,2,8-9,15H2,1H3,(H,16,17). The summed E-state index contributed by atoms with van der Waals surface area (Å²) < 4.78 is 0. The van der Waals surface area contributed by atoms with E-state index in [1.54, 1.807) is 0 Å². The molecule has 1 heterocycles. The highest BCUT2D eigenvalue weighted by Gasteiger charge is 2.39. The van der Waals surface area contributed by atoms with Crippen LogP contribution in [-0.2, 0) is 18.3 Å². The summed E-state index contributed by atoms with van der Waals surface area (Å²) in [7, 11) is 0. The number of nitrogens with two attached hydrogens (primary N) is 1. The number of nitrogens with one attached hydrogen (secondary N) is 1. The summed E-state index contributed by atoms with van der Waals surface area (Å²) in [5, 5.41) is 0. The predicted molar refractivity (Wildman–Crippen MR) is 68.8 cm³/mol. The van der Waals surface area contributed by atoms with Crippen molar-refractivity contribution in [1.29, 1.82) is 0 Å². The molecule has 0 bridgehead atoms. The Bertz CT molecular complexity index is 530. The first-order chi connectivity index (χ1) is 8.23. The lowest BCUT2D eigenvalue weighted by molar-refractivity contribution is 0.411. The molecule has 3 nitrogen and oxygen atoms in total. The van der Waals surface area contributed by atoms with Crippen LogP contribution in [0.15, 0.2) is 30.6 Å². The molecule has 88 valence electrons. The van der Waals surface area contributed by atoms with Gasteiger partial charge in [-0.15, -0.1) is 0 Å².